The van der Waals surface area contributed by atoms with E-state index < -0.39 is 0 Å². The van der Waals surface area contributed by atoms with Crippen molar-refractivity contribution in [3.8, 4) is 5.88 Å². The highest BCUT2D eigenvalue weighted by Gasteiger charge is 2.03. The average Bonchev–Trinajstić information content (AvgIpc) is 2.55. The summed E-state index contributed by atoms with van der Waals surface area (Å²) in [5, 5.41) is 3.33. The van der Waals surface area contributed by atoms with Crippen LogP contribution < -0.4 is 10.1 Å². The van der Waals surface area contributed by atoms with E-state index in [1.165, 1.54) is 0 Å². The molecule has 0 aliphatic carbocycles. The molecule has 0 unspecified atom stereocenters. The van der Waals surface area contributed by atoms with Gasteiger partial charge in [-0.05, 0) is 18.2 Å². The predicted octanol–water partition coefficient (Wildman–Crippen LogP) is 2.32. The number of ether oxygens (including phenoxy) is 1. The zero-order valence-corrected chi connectivity index (χ0v) is 11.8. The molecule has 2 heterocycles. The standard InChI is InChI=1S/C16H16N4O/c1-21-16-12(5-4-8-18-16)9-17-10-13-11-19-14-6-2-3-7-15(14)20-13/h2-8,11,17H,9-10H2,1H3. The number of aromatic nitrogens is 3. The summed E-state index contributed by atoms with van der Waals surface area (Å²) in [4.78, 5) is 13.2. The van der Waals surface area contributed by atoms with E-state index >= 15 is 0 Å². The van der Waals surface area contributed by atoms with Crippen LogP contribution in [0, 0.1) is 0 Å². The van der Waals surface area contributed by atoms with Crippen LogP contribution in [-0.2, 0) is 13.1 Å². The smallest absolute Gasteiger partial charge is 0.217 e. The minimum absolute atomic E-state index is 0.648. The van der Waals surface area contributed by atoms with Gasteiger partial charge < -0.3 is 10.1 Å². The summed E-state index contributed by atoms with van der Waals surface area (Å²) in [6.45, 7) is 1.32. The largest absolute Gasteiger partial charge is 0.481 e. The molecule has 0 saturated carbocycles. The Bertz CT molecular complexity index is 745. The monoisotopic (exact) mass is 280 g/mol. The van der Waals surface area contributed by atoms with Gasteiger partial charge in [0.1, 0.15) is 0 Å². The molecular weight excluding hydrogens is 264 g/mol. The molecular formula is C16H16N4O. The molecule has 5 nitrogen and oxygen atoms in total. The molecule has 0 amide bonds. The van der Waals surface area contributed by atoms with E-state index in [0.29, 0.717) is 19.0 Å². The first-order valence-corrected chi connectivity index (χ1v) is 6.76. The van der Waals surface area contributed by atoms with Crippen molar-refractivity contribution in [3.63, 3.8) is 0 Å². The molecule has 0 atom stereocenters. The zero-order valence-electron chi connectivity index (χ0n) is 11.8. The van der Waals surface area contributed by atoms with E-state index in [2.05, 4.69) is 20.3 Å². The first-order valence-electron chi connectivity index (χ1n) is 6.76. The Morgan fingerprint density at radius 1 is 1.00 bits per heavy atom. The Morgan fingerprint density at radius 2 is 1.86 bits per heavy atom. The summed E-state index contributed by atoms with van der Waals surface area (Å²) in [7, 11) is 1.63. The van der Waals surface area contributed by atoms with Gasteiger partial charge in [0.05, 0.1) is 30.0 Å². The number of nitrogens with zero attached hydrogens (tertiary/aromatic N) is 3. The number of fused-ring (bicyclic) bond motifs is 1. The van der Waals surface area contributed by atoms with Crippen molar-refractivity contribution in [3.05, 3.63) is 60.0 Å². The van der Waals surface area contributed by atoms with Gasteiger partial charge in [-0.1, -0.05) is 18.2 Å². The lowest BCUT2D eigenvalue weighted by Crippen LogP contribution is -2.15. The molecule has 2 aromatic heterocycles. The third kappa shape index (κ3) is 3.14. The zero-order chi connectivity index (χ0) is 14.5. The number of rotatable bonds is 5. The normalized spacial score (nSPS) is 10.7. The molecule has 3 aromatic rings. The highest BCUT2D eigenvalue weighted by Crippen LogP contribution is 2.13. The van der Waals surface area contributed by atoms with Gasteiger partial charge in [0, 0.05) is 24.8 Å². The highest BCUT2D eigenvalue weighted by molar-refractivity contribution is 5.73. The minimum atomic E-state index is 0.648. The SMILES string of the molecule is COc1ncccc1CNCc1cnc2ccccc2n1. The minimum Gasteiger partial charge on any atom is -0.481 e. The Balaban J connectivity index is 1.66. The Morgan fingerprint density at radius 3 is 2.71 bits per heavy atom. The first-order chi connectivity index (χ1) is 10.4. The predicted molar refractivity (Wildman–Crippen MR) is 80.9 cm³/mol. The fraction of sp³-hybridized carbons (Fsp3) is 0.188. The summed E-state index contributed by atoms with van der Waals surface area (Å²) >= 11 is 0. The van der Waals surface area contributed by atoms with E-state index in [1.807, 2.05) is 36.4 Å². The van der Waals surface area contributed by atoms with Crippen LogP contribution in [0.15, 0.2) is 48.8 Å². The van der Waals surface area contributed by atoms with E-state index in [4.69, 9.17) is 4.74 Å². The maximum absolute atomic E-state index is 5.23. The van der Waals surface area contributed by atoms with Crippen LogP contribution in [0.1, 0.15) is 11.3 Å². The maximum Gasteiger partial charge on any atom is 0.217 e. The van der Waals surface area contributed by atoms with Gasteiger partial charge in [-0.15, -0.1) is 0 Å². The number of nitrogens with one attached hydrogen (secondary N) is 1. The van der Waals surface area contributed by atoms with Gasteiger partial charge >= 0.3 is 0 Å². The maximum atomic E-state index is 5.23. The molecule has 0 aliphatic heterocycles. The quantitative estimate of drug-likeness (QED) is 0.777. The van der Waals surface area contributed by atoms with Crippen molar-refractivity contribution < 1.29 is 4.74 Å². The molecule has 0 saturated heterocycles. The molecule has 0 spiro atoms. The average molecular weight is 280 g/mol. The van der Waals surface area contributed by atoms with Crippen molar-refractivity contribution >= 4 is 11.0 Å². The number of benzene rings is 1. The van der Waals surface area contributed by atoms with Crippen molar-refractivity contribution in [2.75, 3.05) is 7.11 Å². The van der Waals surface area contributed by atoms with E-state index in [0.717, 1.165) is 22.3 Å². The van der Waals surface area contributed by atoms with E-state index in [1.54, 1.807) is 19.5 Å². The third-order valence-corrected chi connectivity index (χ3v) is 3.16. The van der Waals surface area contributed by atoms with Crippen LogP contribution >= 0.6 is 0 Å². The number of para-hydroxylation sites is 2. The number of methoxy groups -OCH3 is 1. The summed E-state index contributed by atoms with van der Waals surface area (Å²) in [6, 6.07) is 11.7. The van der Waals surface area contributed by atoms with Gasteiger partial charge in [-0.2, -0.15) is 0 Å². The van der Waals surface area contributed by atoms with Crippen LogP contribution in [-0.4, -0.2) is 22.1 Å². The van der Waals surface area contributed by atoms with E-state index in [-0.39, 0.29) is 0 Å². The van der Waals surface area contributed by atoms with Crippen molar-refractivity contribution in [1.29, 1.82) is 0 Å². The molecule has 0 radical (unpaired) electrons. The third-order valence-electron chi connectivity index (χ3n) is 3.16. The molecule has 5 heteroatoms. The number of pyridine rings is 1. The van der Waals surface area contributed by atoms with E-state index in [9.17, 15) is 0 Å². The second-order valence-corrected chi connectivity index (χ2v) is 4.63. The number of hydrogen-bond donors (Lipinski definition) is 1. The second kappa shape index (κ2) is 6.28. The van der Waals surface area contributed by atoms with Crippen LogP contribution in [0.3, 0.4) is 0 Å². The van der Waals surface area contributed by atoms with Crippen LogP contribution in [0.4, 0.5) is 0 Å². The molecule has 0 aliphatic rings. The summed E-state index contributed by atoms with van der Waals surface area (Å²) in [5.41, 5.74) is 3.76. The number of hydrogen-bond acceptors (Lipinski definition) is 5. The van der Waals surface area contributed by atoms with Crippen molar-refractivity contribution in [2.24, 2.45) is 0 Å². The Hall–Kier alpha value is -2.53. The molecule has 106 valence electrons. The summed E-state index contributed by atoms with van der Waals surface area (Å²) in [5.74, 6) is 0.648. The van der Waals surface area contributed by atoms with Crippen molar-refractivity contribution in [2.45, 2.75) is 13.1 Å². The summed E-state index contributed by atoms with van der Waals surface area (Å²) in [6.07, 6.45) is 3.52. The topological polar surface area (TPSA) is 59.9 Å². The lowest BCUT2D eigenvalue weighted by Gasteiger charge is -2.08. The molecule has 21 heavy (non-hydrogen) atoms. The molecule has 0 fully saturated rings. The van der Waals surface area contributed by atoms with Crippen molar-refractivity contribution in [1.82, 2.24) is 20.3 Å². The van der Waals surface area contributed by atoms with Crippen LogP contribution in [0.25, 0.3) is 11.0 Å². The molecule has 0 bridgehead atoms. The lowest BCUT2D eigenvalue weighted by atomic mass is 10.2. The highest BCUT2D eigenvalue weighted by atomic mass is 16.5. The Labute approximate surface area is 123 Å². The summed E-state index contributed by atoms with van der Waals surface area (Å²) < 4.78 is 5.23. The van der Waals surface area contributed by atoms with Gasteiger partial charge in [0.25, 0.3) is 0 Å². The van der Waals surface area contributed by atoms with Gasteiger partial charge in [-0.3, -0.25) is 4.98 Å². The molecule has 3 rings (SSSR count). The van der Waals surface area contributed by atoms with Gasteiger partial charge in [0.15, 0.2) is 0 Å². The van der Waals surface area contributed by atoms with Crippen LogP contribution in [0.2, 0.25) is 0 Å². The fourth-order valence-corrected chi connectivity index (χ4v) is 2.15. The molecule has 1 N–H and O–H groups in total. The lowest BCUT2D eigenvalue weighted by molar-refractivity contribution is 0.390. The molecule has 1 aromatic carbocycles. The van der Waals surface area contributed by atoms with Crippen LogP contribution in [0.5, 0.6) is 5.88 Å². The van der Waals surface area contributed by atoms with Gasteiger partial charge in [-0.25, -0.2) is 9.97 Å². The first kappa shape index (κ1) is 13.5. The van der Waals surface area contributed by atoms with Gasteiger partial charge in [0.2, 0.25) is 5.88 Å². The fourth-order valence-electron chi connectivity index (χ4n) is 2.15. The second-order valence-electron chi connectivity index (χ2n) is 4.63. The Kier molecular flexibility index (Phi) is 4.02.